The van der Waals surface area contributed by atoms with Gasteiger partial charge in [0, 0.05) is 5.56 Å². The lowest BCUT2D eigenvalue weighted by atomic mass is 10.2. The minimum absolute atomic E-state index is 0.121. The van der Waals surface area contributed by atoms with E-state index in [9.17, 15) is 9.90 Å². The minimum atomic E-state index is -0.406. The molecule has 0 aliphatic heterocycles. The number of hydrogen-bond acceptors (Lipinski definition) is 6. The van der Waals surface area contributed by atoms with Crippen LogP contribution in [0.15, 0.2) is 35.4 Å². The maximum atomic E-state index is 12.3. The van der Waals surface area contributed by atoms with Crippen LogP contribution in [0.4, 0.5) is 0 Å². The Labute approximate surface area is 168 Å². The second-order valence-electron chi connectivity index (χ2n) is 5.70. The number of hydrogen-bond donors (Lipinski definition) is 2. The largest absolute Gasteiger partial charge is 0.503 e. The number of rotatable bonds is 9. The molecule has 0 spiro atoms. The second-order valence-corrected chi connectivity index (χ2v) is 6.10. The van der Waals surface area contributed by atoms with Crippen LogP contribution < -0.4 is 19.6 Å². The molecule has 0 aliphatic carbocycles. The summed E-state index contributed by atoms with van der Waals surface area (Å²) in [6, 6.07) is 7.99. The molecule has 0 fully saturated rings. The number of carbonyl (C=O) groups is 1. The highest BCUT2D eigenvalue weighted by Crippen LogP contribution is 2.34. The van der Waals surface area contributed by atoms with E-state index in [1.165, 1.54) is 19.4 Å². The Morgan fingerprint density at radius 3 is 2.64 bits per heavy atom. The van der Waals surface area contributed by atoms with Gasteiger partial charge in [0.25, 0.3) is 5.91 Å². The number of nitrogens with one attached hydrogen (secondary N) is 1. The minimum Gasteiger partial charge on any atom is -0.503 e. The molecule has 150 valence electrons. The Kier molecular flexibility index (Phi) is 7.95. The summed E-state index contributed by atoms with van der Waals surface area (Å²) >= 11 is 5.93. The summed E-state index contributed by atoms with van der Waals surface area (Å²) in [5, 5.41) is 13.8. The van der Waals surface area contributed by atoms with Crippen molar-refractivity contribution in [2.45, 2.75) is 20.3 Å². The first-order valence-electron chi connectivity index (χ1n) is 8.79. The van der Waals surface area contributed by atoms with Crippen molar-refractivity contribution in [3.8, 4) is 23.0 Å². The molecule has 0 aliphatic rings. The van der Waals surface area contributed by atoms with Crippen LogP contribution in [0.3, 0.4) is 0 Å². The highest BCUT2D eigenvalue weighted by molar-refractivity contribution is 6.32. The van der Waals surface area contributed by atoms with E-state index in [-0.39, 0.29) is 16.5 Å². The molecule has 1 amide bonds. The first-order valence-corrected chi connectivity index (χ1v) is 9.17. The summed E-state index contributed by atoms with van der Waals surface area (Å²) in [5.41, 5.74) is 3.37. The predicted molar refractivity (Wildman–Crippen MR) is 108 cm³/mol. The molecule has 0 saturated carbocycles. The first-order chi connectivity index (χ1) is 13.5. The van der Waals surface area contributed by atoms with Crippen molar-refractivity contribution in [3.05, 3.63) is 46.5 Å². The Morgan fingerprint density at radius 2 is 1.96 bits per heavy atom. The molecule has 7 nitrogen and oxygen atoms in total. The van der Waals surface area contributed by atoms with Crippen LogP contribution in [-0.2, 0) is 0 Å². The first kappa shape index (κ1) is 21.4. The molecule has 0 radical (unpaired) electrons. The zero-order valence-corrected chi connectivity index (χ0v) is 16.7. The van der Waals surface area contributed by atoms with E-state index in [2.05, 4.69) is 10.5 Å². The number of methoxy groups -OCH3 is 1. The molecule has 2 aromatic carbocycles. The molecule has 0 unspecified atom stereocenters. The van der Waals surface area contributed by atoms with Crippen LogP contribution in [0, 0.1) is 0 Å². The average Bonchev–Trinajstić information content (AvgIpc) is 2.69. The number of ether oxygens (including phenoxy) is 3. The Morgan fingerprint density at radius 1 is 1.18 bits per heavy atom. The van der Waals surface area contributed by atoms with Crippen molar-refractivity contribution in [1.82, 2.24) is 5.43 Å². The van der Waals surface area contributed by atoms with Gasteiger partial charge in [0.1, 0.15) is 0 Å². The maximum Gasteiger partial charge on any atom is 0.271 e. The van der Waals surface area contributed by atoms with Gasteiger partial charge in [0.2, 0.25) is 0 Å². The number of amides is 1. The van der Waals surface area contributed by atoms with Gasteiger partial charge < -0.3 is 19.3 Å². The second kappa shape index (κ2) is 10.4. The molecule has 0 atom stereocenters. The fourth-order valence-electron chi connectivity index (χ4n) is 2.30. The van der Waals surface area contributed by atoms with Gasteiger partial charge in [0.05, 0.1) is 31.6 Å². The van der Waals surface area contributed by atoms with E-state index < -0.39 is 5.91 Å². The van der Waals surface area contributed by atoms with E-state index in [0.29, 0.717) is 35.8 Å². The van der Waals surface area contributed by atoms with E-state index in [1.807, 2.05) is 13.8 Å². The van der Waals surface area contributed by atoms with Crippen LogP contribution in [0.5, 0.6) is 23.0 Å². The number of phenolic OH excluding ortho intramolecular Hbond substituents is 1. The fourth-order valence-corrected chi connectivity index (χ4v) is 2.52. The van der Waals surface area contributed by atoms with Crippen molar-refractivity contribution in [2.24, 2.45) is 5.10 Å². The lowest BCUT2D eigenvalue weighted by molar-refractivity contribution is 0.0954. The number of aromatic hydroxyl groups is 1. The number of nitrogens with zero attached hydrogens (tertiary/aromatic N) is 1. The molecule has 0 bridgehead atoms. The van der Waals surface area contributed by atoms with Crippen LogP contribution in [-0.4, -0.2) is 37.6 Å². The summed E-state index contributed by atoms with van der Waals surface area (Å²) in [4.78, 5) is 12.3. The molecule has 2 aromatic rings. The van der Waals surface area contributed by atoms with Crippen LogP contribution in [0.1, 0.15) is 36.2 Å². The van der Waals surface area contributed by atoms with Crippen LogP contribution >= 0.6 is 11.6 Å². The normalized spacial score (nSPS) is 10.7. The number of hydrazone groups is 1. The zero-order valence-electron chi connectivity index (χ0n) is 16.0. The summed E-state index contributed by atoms with van der Waals surface area (Å²) in [6.07, 6.45) is 2.27. The summed E-state index contributed by atoms with van der Waals surface area (Å²) in [6.45, 7) is 4.89. The molecule has 0 aromatic heterocycles. The van der Waals surface area contributed by atoms with Gasteiger partial charge in [0.15, 0.2) is 23.0 Å². The average molecular weight is 407 g/mol. The number of halogens is 1. The predicted octanol–water partition coefficient (Wildman–Crippen LogP) is 4.01. The van der Waals surface area contributed by atoms with Gasteiger partial charge in [-0.15, -0.1) is 0 Å². The van der Waals surface area contributed by atoms with Crippen LogP contribution in [0.2, 0.25) is 5.02 Å². The SMILES string of the molecule is CCCOc1ccc(C(=O)N/N=C/c2cc(Cl)c(O)c(OC)c2)cc1OCC. The van der Waals surface area contributed by atoms with Gasteiger partial charge >= 0.3 is 0 Å². The van der Waals surface area contributed by atoms with Crippen molar-refractivity contribution in [1.29, 1.82) is 0 Å². The van der Waals surface area contributed by atoms with E-state index in [0.717, 1.165) is 6.42 Å². The van der Waals surface area contributed by atoms with Crippen molar-refractivity contribution >= 4 is 23.7 Å². The molecule has 0 saturated heterocycles. The number of phenols is 1. The molecule has 28 heavy (non-hydrogen) atoms. The van der Waals surface area contributed by atoms with Gasteiger partial charge in [-0.25, -0.2) is 5.43 Å². The van der Waals surface area contributed by atoms with Gasteiger partial charge in [-0.05, 0) is 49.2 Å². The lowest BCUT2D eigenvalue weighted by Crippen LogP contribution is -2.17. The van der Waals surface area contributed by atoms with Crippen molar-refractivity contribution < 1.29 is 24.1 Å². The smallest absolute Gasteiger partial charge is 0.271 e. The number of benzene rings is 2. The standard InChI is InChI=1S/C20H23ClN2O5/c1-4-8-28-16-7-6-14(11-17(16)27-5-2)20(25)23-22-12-13-9-15(21)19(24)18(10-13)26-3/h6-7,9-12,24H,4-5,8H2,1-3H3,(H,23,25)/b22-12+. The van der Waals surface area contributed by atoms with E-state index >= 15 is 0 Å². The van der Waals surface area contributed by atoms with E-state index in [1.54, 1.807) is 24.3 Å². The summed E-state index contributed by atoms with van der Waals surface area (Å²) in [5.74, 6) is 0.747. The van der Waals surface area contributed by atoms with Crippen molar-refractivity contribution in [2.75, 3.05) is 20.3 Å². The highest BCUT2D eigenvalue weighted by Gasteiger charge is 2.12. The van der Waals surface area contributed by atoms with Crippen LogP contribution in [0.25, 0.3) is 0 Å². The third-order valence-corrected chi connectivity index (χ3v) is 3.91. The molecular weight excluding hydrogens is 384 g/mol. The fraction of sp³-hybridized carbons (Fsp3) is 0.300. The third kappa shape index (κ3) is 5.53. The Bertz CT molecular complexity index is 855. The molecule has 8 heteroatoms. The number of carbonyl (C=O) groups excluding carboxylic acids is 1. The molecular formula is C20H23ClN2O5. The molecule has 0 heterocycles. The molecule has 2 N–H and O–H groups in total. The zero-order chi connectivity index (χ0) is 20.5. The monoisotopic (exact) mass is 406 g/mol. The van der Waals surface area contributed by atoms with E-state index in [4.69, 9.17) is 25.8 Å². The third-order valence-electron chi connectivity index (χ3n) is 3.62. The van der Waals surface area contributed by atoms with Gasteiger partial charge in [-0.3, -0.25) is 4.79 Å². The summed E-state index contributed by atoms with van der Waals surface area (Å²) in [7, 11) is 1.41. The summed E-state index contributed by atoms with van der Waals surface area (Å²) < 4.78 is 16.2. The Hall–Kier alpha value is -2.93. The molecule has 2 rings (SSSR count). The lowest BCUT2D eigenvalue weighted by Gasteiger charge is -2.12. The van der Waals surface area contributed by atoms with Gasteiger partial charge in [-0.2, -0.15) is 5.10 Å². The quantitative estimate of drug-likeness (QED) is 0.485. The van der Waals surface area contributed by atoms with Gasteiger partial charge in [-0.1, -0.05) is 18.5 Å². The maximum absolute atomic E-state index is 12.3. The highest BCUT2D eigenvalue weighted by atomic mass is 35.5. The van der Waals surface area contributed by atoms with Crippen molar-refractivity contribution in [3.63, 3.8) is 0 Å². The topological polar surface area (TPSA) is 89.4 Å². The Balaban J connectivity index is 2.11.